The van der Waals surface area contributed by atoms with E-state index in [1.165, 1.54) is 12.2 Å². The van der Waals surface area contributed by atoms with Crippen molar-refractivity contribution in [2.24, 2.45) is 11.8 Å². The topological polar surface area (TPSA) is 71.0 Å². The standard InChI is InChI=1S/C20H26N2O4/c1-3-19-8-12-13(10-23)15(21-19)9-20(17(12)26-11-19)14-6-4-5-7-16(14)22(25-2)18(20)24/h4-7,12-13,15,17,21,23H,3,8-11H2,1-2H3. The molecule has 6 heteroatoms. The van der Waals surface area contributed by atoms with Gasteiger partial charge in [-0.3, -0.25) is 9.63 Å². The second-order valence-electron chi connectivity index (χ2n) is 8.31. The molecule has 2 saturated heterocycles. The summed E-state index contributed by atoms with van der Waals surface area (Å²) >= 11 is 0. The van der Waals surface area contributed by atoms with E-state index in [1.807, 2.05) is 24.3 Å². The molecule has 1 amide bonds. The van der Waals surface area contributed by atoms with Crippen LogP contribution >= 0.6 is 0 Å². The van der Waals surface area contributed by atoms with E-state index in [0.717, 1.165) is 24.1 Å². The van der Waals surface area contributed by atoms with Gasteiger partial charge < -0.3 is 15.2 Å². The molecule has 140 valence electrons. The lowest BCUT2D eigenvalue weighted by atomic mass is 9.53. The summed E-state index contributed by atoms with van der Waals surface area (Å²) in [6, 6.07) is 7.98. The van der Waals surface area contributed by atoms with Gasteiger partial charge >= 0.3 is 0 Å². The Kier molecular flexibility index (Phi) is 3.54. The summed E-state index contributed by atoms with van der Waals surface area (Å²) in [5.74, 6) is 0.259. The highest BCUT2D eigenvalue weighted by Crippen LogP contribution is 2.59. The van der Waals surface area contributed by atoms with E-state index in [0.29, 0.717) is 13.0 Å². The van der Waals surface area contributed by atoms with Crippen molar-refractivity contribution < 1.29 is 19.5 Å². The zero-order valence-corrected chi connectivity index (χ0v) is 15.3. The van der Waals surface area contributed by atoms with Crippen molar-refractivity contribution >= 4 is 11.6 Å². The average Bonchev–Trinajstić information content (AvgIpc) is 2.89. The number of piperidine rings is 1. The molecule has 6 atom stereocenters. The summed E-state index contributed by atoms with van der Waals surface area (Å²) in [6.07, 6.45) is 2.36. The van der Waals surface area contributed by atoms with Gasteiger partial charge in [0.2, 0.25) is 0 Å². The highest BCUT2D eigenvalue weighted by atomic mass is 16.7. The number of anilines is 1. The molecule has 2 N–H and O–H groups in total. The minimum absolute atomic E-state index is 0.0266. The maximum Gasteiger partial charge on any atom is 0.264 e. The first-order chi connectivity index (χ1) is 12.6. The highest BCUT2D eigenvalue weighted by molar-refractivity contribution is 6.07. The number of nitrogens with zero attached hydrogens (tertiary/aromatic N) is 1. The quantitative estimate of drug-likeness (QED) is 0.854. The number of hydrogen-bond acceptors (Lipinski definition) is 5. The lowest BCUT2D eigenvalue weighted by Gasteiger charge is -2.62. The SMILES string of the molecule is CCC12COC3C(C1)C(CO)C(CC31C(=O)N(OC)c3ccccc31)N2. The first-order valence-electron chi connectivity index (χ1n) is 9.58. The number of hydrogen-bond donors (Lipinski definition) is 2. The van der Waals surface area contributed by atoms with Crippen LogP contribution in [0.1, 0.15) is 31.7 Å². The fourth-order valence-corrected chi connectivity index (χ4v) is 6.14. The van der Waals surface area contributed by atoms with Gasteiger partial charge in [-0.1, -0.05) is 25.1 Å². The van der Waals surface area contributed by atoms with Crippen LogP contribution in [0.3, 0.4) is 0 Å². The number of ether oxygens (including phenoxy) is 1. The van der Waals surface area contributed by atoms with Crippen LogP contribution in [0.25, 0.3) is 0 Å². The fraction of sp³-hybridized carbons (Fsp3) is 0.650. The number of carbonyl (C=O) groups is 1. The maximum absolute atomic E-state index is 13.6. The van der Waals surface area contributed by atoms with Crippen LogP contribution in [-0.2, 0) is 19.8 Å². The maximum atomic E-state index is 13.6. The summed E-state index contributed by atoms with van der Waals surface area (Å²) in [5, 5.41) is 15.3. The van der Waals surface area contributed by atoms with Gasteiger partial charge in [0.1, 0.15) is 5.41 Å². The van der Waals surface area contributed by atoms with Crippen molar-refractivity contribution in [3.05, 3.63) is 29.8 Å². The van der Waals surface area contributed by atoms with Crippen molar-refractivity contribution in [1.29, 1.82) is 0 Å². The molecule has 6 unspecified atom stereocenters. The molecule has 3 aliphatic heterocycles. The number of rotatable bonds is 3. The minimum Gasteiger partial charge on any atom is -0.396 e. The number of carbonyl (C=O) groups excluding carboxylic acids is 1. The van der Waals surface area contributed by atoms with E-state index in [2.05, 4.69) is 12.2 Å². The summed E-state index contributed by atoms with van der Waals surface area (Å²) < 4.78 is 6.44. The molecule has 3 fully saturated rings. The Bertz CT molecular complexity index is 751. The second-order valence-corrected chi connectivity index (χ2v) is 8.31. The Morgan fingerprint density at radius 3 is 2.92 bits per heavy atom. The third-order valence-electron chi connectivity index (χ3n) is 7.38. The number of amides is 1. The van der Waals surface area contributed by atoms with Gasteiger partial charge in [-0.25, -0.2) is 0 Å². The summed E-state index contributed by atoms with van der Waals surface area (Å²) in [6.45, 7) is 2.93. The van der Waals surface area contributed by atoms with Gasteiger partial charge in [0.25, 0.3) is 5.91 Å². The van der Waals surface area contributed by atoms with Crippen LogP contribution in [-0.4, -0.2) is 49.0 Å². The van der Waals surface area contributed by atoms with Gasteiger partial charge in [-0.15, -0.1) is 0 Å². The lowest BCUT2D eigenvalue weighted by molar-refractivity contribution is -0.198. The summed E-state index contributed by atoms with van der Waals surface area (Å²) in [5.41, 5.74) is 1.05. The van der Waals surface area contributed by atoms with Gasteiger partial charge in [0.05, 0.1) is 25.5 Å². The van der Waals surface area contributed by atoms with Crippen molar-refractivity contribution in [2.45, 2.75) is 49.3 Å². The van der Waals surface area contributed by atoms with Crippen molar-refractivity contribution in [3.8, 4) is 0 Å². The number of hydroxylamine groups is 1. The van der Waals surface area contributed by atoms with Gasteiger partial charge in [0.15, 0.2) is 0 Å². The number of benzene rings is 1. The zero-order valence-electron chi connectivity index (χ0n) is 15.3. The van der Waals surface area contributed by atoms with Crippen molar-refractivity contribution in [2.75, 3.05) is 25.4 Å². The van der Waals surface area contributed by atoms with E-state index in [1.54, 1.807) is 0 Å². The average molecular weight is 358 g/mol. The Labute approximate surface area is 153 Å². The molecule has 1 saturated carbocycles. The van der Waals surface area contributed by atoms with Crippen LogP contribution in [0.4, 0.5) is 5.69 Å². The molecular formula is C20H26N2O4. The number of nitrogens with one attached hydrogen (secondary N) is 1. The van der Waals surface area contributed by atoms with E-state index in [-0.39, 0.29) is 42.0 Å². The third kappa shape index (κ3) is 1.83. The summed E-state index contributed by atoms with van der Waals surface area (Å²) in [7, 11) is 1.54. The minimum atomic E-state index is -0.735. The molecule has 3 heterocycles. The Hall–Kier alpha value is -1.47. The number of fused-ring (bicyclic) bond motifs is 5. The zero-order chi connectivity index (χ0) is 18.1. The monoisotopic (exact) mass is 358 g/mol. The van der Waals surface area contributed by atoms with E-state index >= 15 is 0 Å². The predicted octanol–water partition coefficient (Wildman–Crippen LogP) is 1.37. The summed E-state index contributed by atoms with van der Waals surface area (Å²) in [4.78, 5) is 19.0. The lowest BCUT2D eigenvalue weighted by Crippen LogP contribution is -2.75. The van der Waals surface area contributed by atoms with Gasteiger partial charge in [0, 0.05) is 24.1 Å². The molecule has 26 heavy (non-hydrogen) atoms. The first-order valence-corrected chi connectivity index (χ1v) is 9.58. The third-order valence-corrected chi connectivity index (χ3v) is 7.38. The molecule has 5 rings (SSSR count). The molecular weight excluding hydrogens is 332 g/mol. The van der Waals surface area contributed by atoms with E-state index in [9.17, 15) is 9.90 Å². The van der Waals surface area contributed by atoms with Crippen molar-refractivity contribution in [3.63, 3.8) is 0 Å². The van der Waals surface area contributed by atoms with Crippen LogP contribution in [0.15, 0.2) is 24.3 Å². The Morgan fingerprint density at radius 2 is 2.19 bits per heavy atom. The Morgan fingerprint density at radius 1 is 1.38 bits per heavy atom. The first kappa shape index (κ1) is 16.7. The van der Waals surface area contributed by atoms with Crippen molar-refractivity contribution in [1.82, 2.24) is 5.32 Å². The molecule has 4 aliphatic rings. The molecule has 1 aliphatic carbocycles. The molecule has 0 radical (unpaired) electrons. The number of para-hydroxylation sites is 1. The smallest absolute Gasteiger partial charge is 0.264 e. The predicted molar refractivity (Wildman–Crippen MR) is 95.6 cm³/mol. The molecule has 0 aromatic heterocycles. The normalized spacial score (nSPS) is 43.2. The molecule has 1 aromatic carbocycles. The molecule has 3 bridgehead atoms. The number of aliphatic hydroxyl groups excluding tert-OH is 1. The van der Waals surface area contributed by atoms with Crippen LogP contribution in [0, 0.1) is 11.8 Å². The molecule has 1 aromatic rings. The highest BCUT2D eigenvalue weighted by Gasteiger charge is 2.68. The van der Waals surface area contributed by atoms with Crippen LogP contribution < -0.4 is 10.4 Å². The van der Waals surface area contributed by atoms with Gasteiger partial charge in [-0.2, -0.15) is 5.06 Å². The second kappa shape index (κ2) is 5.52. The van der Waals surface area contributed by atoms with E-state index in [4.69, 9.17) is 9.57 Å². The van der Waals surface area contributed by atoms with Crippen LogP contribution in [0.5, 0.6) is 0 Å². The number of aliphatic hydroxyl groups is 1. The fourth-order valence-electron chi connectivity index (χ4n) is 6.14. The van der Waals surface area contributed by atoms with Gasteiger partial charge in [-0.05, 0) is 36.8 Å². The van der Waals surface area contributed by atoms with Crippen LogP contribution in [0.2, 0.25) is 0 Å². The van der Waals surface area contributed by atoms with E-state index < -0.39 is 5.41 Å². The molecule has 6 nitrogen and oxygen atoms in total. The Balaban J connectivity index is 1.67. The molecule has 1 spiro atoms. The largest absolute Gasteiger partial charge is 0.396 e.